The number of nitrogens with zero attached hydrogens (tertiary/aromatic N) is 3. The third kappa shape index (κ3) is 4.83. The van der Waals surface area contributed by atoms with E-state index in [-0.39, 0.29) is 0 Å². The Balaban J connectivity index is 1.31. The van der Waals surface area contributed by atoms with Gasteiger partial charge in [0.05, 0.1) is 13.2 Å². The van der Waals surface area contributed by atoms with Gasteiger partial charge >= 0.3 is 0 Å². The molecule has 0 radical (unpaired) electrons. The number of piperidine rings is 1. The Kier molecular flexibility index (Phi) is 6.20. The summed E-state index contributed by atoms with van der Waals surface area (Å²) in [4.78, 5) is 9.43. The first-order valence-corrected chi connectivity index (χ1v) is 10.3. The van der Waals surface area contributed by atoms with Crippen molar-refractivity contribution in [3.63, 3.8) is 0 Å². The normalized spacial score (nSPS) is 26.0. The molecule has 0 aromatic carbocycles. The van der Waals surface area contributed by atoms with Crippen molar-refractivity contribution in [3.05, 3.63) is 30.1 Å². The highest BCUT2D eigenvalue weighted by molar-refractivity contribution is 5.09. The summed E-state index contributed by atoms with van der Waals surface area (Å²) in [6, 6.07) is 4.27. The highest BCUT2D eigenvalue weighted by Gasteiger charge is 2.38. The lowest BCUT2D eigenvalue weighted by Gasteiger charge is -2.43. The fourth-order valence-corrected chi connectivity index (χ4v) is 4.77. The Morgan fingerprint density at radius 3 is 2.50 bits per heavy atom. The van der Waals surface area contributed by atoms with Crippen LogP contribution in [-0.4, -0.2) is 73.9 Å². The molecule has 144 valence electrons. The van der Waals surface area contributed by atoms with Crippen LogP contribution in [0.2, 0.25) is 0 Å². The Hall–Kier alpha value is -1.01. The average Bonchev–Trinajstić information content (AvgIpc) is 2.88. The second-order valence-corrected chi connectivity index (χ2v) is 8.48. The van der Waals surface area contributed by atoms with E-state index in [4.69, 9.17) is 9.47 Å². The van der Waals surface area contributed by atoms with Gasteiger partial charge < -0.3 is 14.4 Å². The van der Waals surface area contributed by atoms with Crippen LogP contribution in [0.25, 0.3) is 0 Å². The van der Waals surface area contributed by atoms with E-state index in [0.29, 0.717) is 5.41 Å². The summed E-state index contributed by atoms with van der Waals surface area (Å²) in [6.45, 7) is 10.6. The molecule has 0 N–H and O–H groups in total. The smallest absolute Gasteiger partial charge is 0.0593 e. The molecule has 0 bridgehead atoms. The lowest BCUT2D eigenvalue weighted by molar-refractivity contribution is 0.00116. The van der Waals surface area contributed by atoms with Gasteiger partial charge in [-0.3, -0.25) is 9.88 Å². The molecule has 3 aliphatic heterocycles. The van der Waals surface area contributed by atoms with Gasteiger partial charge in [0.25, 0.3) is 0 Å². The van der Waals surface area contributed by atoms with E-state index >= 15 is 0 Å². The molecular weight excluding hydrogens is 326 g/mol. The first-order chi connectivity index (χ1) is 12.8. The molecule has 0 aliphatic carbocycles. The monoisotopic (exact) mass is 359 g/mol. The highest BCUT2D eigenvalue weighted by atomic mass is 16.5. The fraction of sp³-hybridized carbons (Fsp3) is 0.762. The molecule has 1 aromatic rings. The first-order valence-electron chi connectivity index (χ1n) is 10.3. The van der Waals surface area contributed by atoms with Gasteiger partial charge in [0, 0.05) is 57.2 Å². The summed E-state index contributed by atoms with van der Waals surface area (Å²) in [5, 5.41) is 0. The molecule has 4 rings (SSSR count). The zero-order chi connectivity index (χ0) is 17.7. The Labute approximate surface area is 157 Å². The summed E-state index contributed by atoms with van der Waals surface area (Å²) in [7, 11) is 0. The molecule has 0 saturated carbocycles. The Morgan fingerprint density at radius 1 is 0.962 bits per heavy atom. The number of hydrogen-bond acceptors (Lipinski definition) is 5. The van der Waals surface area contributed by atoms with E-state index in [0.717, 1.165) is 45.4 Å². The van der Waals surface area contributed by atoms with Crippen LogP contribution in [0.1, 0.15) is 31.2 Å². The van der Waals surface area contributed by atoms with Crippen LogP contribution in [0.15, 0.2) is 24.5 Å². The molecule has 1 spiro atoms. The summed E-state index contributed by atoms with van der Waals surface area (Å²) >= 11 is 0. The zero-order valence-electron chi connectivity index (χ0n) is 15.9. The van der Waals surface area contributed by atoms with Crippen LogP contribution in [0.3, 0.4) is 0 Å². The van der Waals surface area contributed by atoms with Gasteiger partial charge in [-0.05, 0) is 62.4 Å². The van der Waals surface area contributed by atoms with E-state index in [1.165, 1.54) is 57.4 Å². The predicted octanol–water partition coefficient (Wildman–Crippen LogP) is 2.42. The topological polar surface area (TPSA) is 37.8 Å². The maximum atomic E-state index is 6.05. The second-order valence-electron chi connectivity index (χ2n) is 8.48. The lowest BCUT2D eigenvalue weighted by atomic mass is 9.78. The standard InChI is InChI=1S/C21H33N3O2/c1-7-22-8-2-19(1)16-24-11-14-26-18-21(17-24)5-9-23(10-6-21)15-20-3-12-25-13-4-20/h1-2,7-8,20H,3-6,9-18H2. The molecule has 5 heteroatoms. The molecule has 3 fully saturated rings. The molecule has 5 nitrogen and oxygen atoms in total. The number of ether oxygens (including phenoxy) is 2. The van der Waals surface area contributed by atoms with Crippen molar-refractivity contribution in [1.29, 1.82) is 0 Å². The van der Waals surface area contributed by atoms with Crippen LogP contribution >= 0.6 is 0 Å². The summed E-state index contributed by atoms with van der Waals surface area (Å²) in [5.41, 5.74) is 1.70. The summed E-state index contributed by atoms with van der Waals surface area (Å²) < 4.78 is 11.6. The van der Waals surface area contributed by atoms with Crippen molar-refractivity contribution < 1.29 is 9.47 Å². The van der Waals surface area contributed by atoms with E-state index in [2.05, 4.69) is 26.9 Å². The molecule has 1 aromatic heterocycles. The lowest BCUT2D eigenvalue weighted by Crippen LogP contribution is -2.48. The number of likely N-dealkylation sites (tertiary alicyclic amines) is 1. The van der Waals surface area contributed by atoms with Crippen molar-refractivity contribution in [2.24, 2.45) is 11.3 Å². The highest BCUT2D eigenvalue weighted by Crippen LogP contribution is 2.35. The number of rotatable bonds is 4. The third-order valence-electron chi connectivity index (χ3n) is 6.45. The van der Waals surface area contributed by atoms with Crippen molar-refractivity contribution in [2.45, 2.75) is 32.2 Å². The van der Waals surface area contributed by atoms with Gasteiger partial charge in [-0.15, -0.1) is 0 Å². The van der Waals surface area contributed by atoms with Gasteiger partial charge in [-0.1, -0.05) is 0 Å². The predicted molar refractivity (Wildman–Crippen MR) is 102 cm³/mol. The number of hydrogen-bond donors (Lipinski definition) is 0. The Morgan fingerprint density at radius 2 is 1.73 bits per heavy atom. The van der Waals surface area contributed by atoms with E-state index in [1.54, 1.807) is 0 Å². The summed E-state index contributed by atoms with van der Waals surface area (Å²) in [6.07, 6.45) is 8.81. The zero-order valence-corrected chi connectivity index (χ0v) is 15.9. The van der Waals surface area contributed by atoms with Gasteiger partial charge in [0.2, 0.25) is 0 Å². The number of pyridine rings is 1. The first kappa shape index (κ1) is 18.4. The fourth-order valence-electron chi connectivity index (χ4n) is 4.77. The van der Waals surface area contributed by atoms with Crippen molar-refractivity contribution in [2.75, 3.05) is 59.2 Å². The van der Waals surface area contributed by atoms with Gasteiger partial charge in [0.15, 0.2) is 0 Å². The molecule has 0 atom stereocenters. The Bertz CT molecular complexity index is 539. The quantitative estimate of drug-likeness (QED) is 0.825. The molecule has 4 heterocycles. The molecular formula is C21H33N3O2. The molecule has 0 amide bonds. The van der Waals surface area contributed by atoms with Crippen LogP contribution in [0, 0.1) is 11.3 Å². The van der Waals surface area contributed by atoms with Crippen LogP contribution in [0.4, 0.5) is 0 Å². The average molecular weight is 360 g/mol. The van der Waals surface area contributed by atoms with Crippen LogP contribution < -0.4 is 0 Å². The minimum absolute atomic E-state index is 0.343. The van der Waals surface area contributed by atoms with Crippen molar-refractivity contribution >= 4 is 0 Å². The minimum Gasteiger partial charge on any atom is -0.381 e. The minimum atomic E-state index is 0.343. The van der Waals surface area contributed by atoms with Gasteiger partial charge in [-0.25, -0.2) is 0 Å². The largest absolute Gasteiger partial charge is 0.381 e. The SMILES string of the molecule is c1cc(CN2CCOCC3(CCN(CC4CCOCC4)CC3)C2)ccn1. The maximum Gasteiger partial charge on any atom is 0.0593 e. The second kappa shape index (κ2) is 8.79. The van der Waals surface area contributed by atoms with Crippen LogP contribution in [0.5, 0.6) is 0 Å². The molecule has 3 aliphatic rings. The molecule has 26 heavy (non-hydrogen) atoms. The van der Waals surface area contributed by atoms with Crippen molar-refractivity contribution in [1.82, 2.24) is 14.8 Å². The third-order valence-corrected chi connectivity index (χ3v) is 6.45. The van der Waals surface area contributed by atoms with Crippen LogP contribution in [-0.2, 0) is 16.0 Å². The molecule has 3 saturated heterocycles. The van der Waals surface area contributed by atoms with E-state index in [1.807, 2.05) is 12.4 Å². The van der Waals surface area contributed by atoms with Gasteiger partial charge in [0.1, 0.15) is 0 Å². The van der Waals surface area contributed by atoms with E-state index in [9.17, 15) is 0 Å². The van der Waals surface area contributed by atoms with E-state index < -0.39 is 0 Å². The summed E-state index contributed by atoms with van der Waals surface area (Å²) in [5.74, 6) is 0.839. The van der Waals surface area contributed by atoms with Crippen molar-refractivity contribution in [3.8, 4) is 0 Å². The maximum absolute atomic E-state index is 6.05. The number of aromatic nitrogens is 1. The molecule has 0 unspecified atom stereocenters. The van der Waals surface area contributed by atoms with Gasteiger partial charge in [-0.2, -0.15) is 0 Å².